The minimum absolute atomic E-state index is 0.281. The number of fused-ring (bicyclic) bond motifs is 1. The lowest BCUT2D eigenvalue weighted by atomic mass is 10.0. The number of hydrogen-bond acceptors (Lipinski definition) is 4. The molecule has 0 aromatic heterocycles. The Bertz CT molecular complexity index is 908. The summed E-state index contributed by atoms with van der Waals surface area (Å²) in [6.07, 6.45) is 1.66. The Morgan fingerprint density at radius 3 is 2.50 bits per heavy atom. The average molecular weight is 379 g/mol. The Labute approximate surface area is 164 Å². The van der Waals surface area contributed by atoms with Crippen molar-refractivity contribution >= 4 is 23.4 Å². The zero-order chi connectivity index (χ0) is 20.1. The van der Waals surface area contributed by atoms with E-state index in [-0.39, 0.29) is 17.7 Å². The van der Waals surface area contributed by atoms with E-state index in [0.29, 0.717) is 29.8 Å². The third kappa shape index (κ3) is 3.97. The van der Waals surface area contributed by atoms with Gasteiger partial charge in [-0.2, -0.15) is 0 Å². The molecule has 6 nitrogen and oxygen atoms in total. The van der Waals surface area contributed by atoms with Gasteiger partial charge in [0.2, 0.25) is 0 Å². The smallest absolute Gasteiger partial charge is 0.261 e. The maximum Gasteiger partial charge on any atom is 0.261 e. The Morgan fingerprint density at radius 2 is 1.75 bits per heavy atom. The number of rotatable bonds is 8. The average Bonchev–Trinajstić information content (AvgIpc) is 2.95. The van der Waals surface area contributed by atoms with Crippen LogP contribution in [-0.2, 0) is 6.54 Å². The van der Waals surface area contributed by atoms with E-state index in [2.05, 4.69) is 10.6 Å². The fraction of sp³-hybridized carbons (Fsp3) is 0.318. The molecule has 1 aliphatic rings. The Morgan fingerprint density at radius 1 is 1.00 bits per heavy atom. The molecule has 0 saturated heterocycles. The van der Waals surface area contributed by atoms with Crippen molar-refractivity contribution in [1.29, 1.82) is 0 Å². The first-order valence-electron chi connectivity index (χ1n) is 9.67. The van der Waals surface area contributed by atoms with Gasteiger partial charge in [0.05, 0.1) is 11.1 Å². The first kappa shape index (κ1) is 19.8. The van der Waals surface area contributed by atoms with E-state index < -0.39 is 0 Å². The van der Waals surface area contributed by atoms with Crippen molar-refractivity contribution in [3.63, 3.8) is 0 Å². The molecule has 0 spiro atoms. The van der Waals surface area contributed by atoms with Gasteiger partial charge in [0.1, 0.15) is 0 Å². The molecule has 2 N–H and O–H groups in total. The normalized spacial score (nSPS) is 13.0. The van der Waals surface area contributed by atoms with Crippen LogP contribution in [-0.4, -0.2) is 35.7 Å². The summed E-state index contributed by atoms with van der Waals surface area (Å²) in [5, 5.41) is 6.15. The molecule has 3 rings (SSSR count). The van der Waals surface area contributed by atoms with Crippen LogP contribution in [0.5, 0.6) is 0 Å². The molecule has 2 aromatic rings. The number of carbonyl (C=O) groups is 3. The fourth-order valence-corrected chi connectivity index (χ4v) is 3.20. The lowest BCUT2D eigenvalue weighted by Gasteiger charge is -2.12. The van der Waals surface area contributed by atoms with E-state index in [1.54, 1.807) is 12.1 Å². The SMILES string of the molecule is CCCCN1C(=O)c2ccc(C(=O)Nc3ccccc3CNCC)cc2C1=O. The second kappa shape index (κ2) is 8.80. The third-order valence-electron chi connectivity index (χ3n) is 4.80. The van der Waals surface area contributed by atoms with Gasteiger partial charge in [0, 0.05) is 24.3 Å². The van der Waals surface area contributed by atoms with Gasteiger partial charge in [0.25, 0.3) is 17.7 Å². The Balaban J connectivity index is 1.80. The summed E-state index contributed by atoms with van der Waals surface area (Å²) >= 11 is 0. The molecule has 0 unspecified atom stereocenters. The molecule has 28 heavy (non-hydrogen) atoms. The van der Waals surface area contributed by atoms with E-state index in [9.17, 15) is 14.4 Å². The molecular weight excluding hydrogens is 354 g/mol. The summed E-state index contributed by atoms with van der Waals surface area (Å²) in [4.78, 5) is 39.0. The molecule has 146 valence electrons. The standard InChI is InChI=1S/C22H25N3O3/c1-3-5-12-25-21(27)17-11-10-15(13-18(17)22(25)28)20(26)24-19-9-7-6-8-16(19)14-23-4-2/h6-11,13,23H,3-5,12,14H2,1-2H3,(H,24,26). The topological polar surface area (TPSA) is 78.5 Å². The maximum absolute atomic E-state index is 12.7. The highest BCUT2D eigenvalue weighted by Gasteiger charge is 2.35. The molecule has 0 radical (unpaired) electrons. The molecular formula is C22H25N3O3. The van der Waals surface area contributed by atoms with E-state index in [1.807, 2.05) is 38.1 Å². The molecule has 6 heteroatoms. The Kier molecular flexibility index (Phi) is 6.21. The summed E-state index contributed by atoms with van der Waals surface area (Å²) in [6, 6.07) is 12.3. The van der Waals surface area contributed by atoms with Crippen molar-refractivity contribution in [3.05, 3.63) is 64.7 Å². The zero-order valence-corrected chi connectivity index (χ0v) is 16.2. The highest BCUT2D eigenvalue weighted by Crippen LogP contribution is 2.25. The molecule has 2 aromatic carbocycles. The van der Waals surface area contributed by atoms with Crippen LogP contribution in [0.1, 0.15) is 63.3 Å². The van der Waals surface area contributed by atoms with Crippen molar-refractivity contribution in [2.45, 2.75) is 33.2 Å². The van der Waals surface area contributed by atoms with Gasteiger partial charge in [-0.05, 0) is 42.8 Å². The predicted molar refractivity (Wildman–Crippen MR) is 108 cm³/mol. The highest BCUT2D eigenvalue weighted by molar-refractivity contribution is 6.22. The number of imide groups is 1. The van der Waals surface area contributed by atoms with E-state index in [4.69, 9.17) is 0 Å². The van der Waals surface area contributed by atoms with Crippen LogP contribution in [0, 0.1) is 0 Å². The summed E-state index contributed by atoms with van der Waals surface area (Å²) in [5.74, 6) is -0.911. The number of unbranched alkanes of at least 4 members (excludes halogenated alkanes) is 1. The second-order valence-corrected chi connectivity index (χ2v) is 6.77. The number of carbonyl (C=O) groups excluding carboxylic acids is 3. The third-order valence-corrected chi connectivity index (χ3v) is 4.80. The summed E-state index contributed by atoms with van der Waals surface area (Å²) in [6.45, 7) is 5.92. The molecule has 0 atom stereocenters. The number of anilines is 1. The predicted octanol–water partition coefficient (Wildman–Crippen LogP) is 3.44. The minimum Gasteiger partial charge on any atom is -0.322 e. The molecule has 1 aliphatic heterocycles. The molecule has 1 heterocycles. The van der Waals surface area contributed by atoms with Crippen LogP contribution < -0.4 is 10.6 Å². The van der Waals surface area contributed by atoms with Crippen molar-refractivity contribution in [3.8, 4) is 0 Å². The van der Waals surface area contributed by atoms with Crippen LogP contribution in [0.4, 0.5) is 5.69 Å². The van der Waals surface area contributed by atoms with Gasteiger partial charge < -0.3 is 10.6 Å². The first-order valence-corrected chi connectivity index (χ1v) is 9.67. The molecule has 3 amide bonds. The van der Waals surface area contributed by atoms with Crippen LogP contribution in [0.3, 0.4) is 0 Å². The van der Waals surface area contributed by atoms with Crippen molar-refractivity contribution < 1.29 is 14.4 Å². The van der Waals surface area contributed by atoms with Gasteiger partial charge in [0.15, 0.2) is 0 Å². The molecule has 0 aliphatic carbocycles. The minimum atomic E-state index is -0.323. The van der Waals surface area contributed by atoms with Gasteiger partial charge in [-0.25, -0.2) is 0 Å². The van der Waals surface area contributed by atoms with Crippen LogP contribution in [0.2, 0.25) is 0 Å². The van der Waals surface area contributed by atoms with Crippen LogP contribution in [0.15, 0.2) is 42.5 Å². The molecule has 0 saturated carbocycles. The first-order chi connectivity index (χ1) is 13.6. The number of nitrogens with zero attached hydrogens (tertiary/aromatic N) is 1. The lowest BCUT2D eigenvalue weighted by molar-refractivity contribution is 0.0652. The number of para-hydroxylation sites is 1. The van der Waals surface area contributed by atoms with Gasteiger partial charge in [-0.3, -0.25) is 19.3 Å². The van der Waals surface area contributed by atoms with Crippen LogP contribution >= 0.6 is 0 Å². The number of hydrogen-bond donors (Lipinski definition) is 2. The summed E-state index contributed by atoms with van der Waals surface area (Å²) in [5.41, 5.74) is 2.73. The van der Waals surface area contributed by atoms with Gasteiger partial charge >= 0.3 is 0 Å². The number of amides is 3. The zero-order valence-electron chi connectivity index (χ0n) is 16.2. The summed E-state index contributed by atoms with van der Waals surface area (Å²) < 4.78 is 0. The summed E-state index contributed by atoms with van der Waals surface area (Å²) in [7, 11) is 0. The lowest BCUT2D eigenvalue weighted by Crippen LogP contribution is -2.30. The maximum atomic E-state index is 12.7. The largest absolute Gasteiger partial charge is 0.322 e. The second-order valence-electron chi connectivity index (χ2n) is 6.77. The number of benzene rings is 2. The molecule has 0 fully saturated rings. The fourth-order valence-electron chi connectivity index (χ4n) is 3.20. The van der Waals surface area contributed by atoms with Crippen LogP contribution in [0.25, 0.3) is 0 Å². The van der Waals surface area contributed by atoms with E-state index in [1.165, 1.54) is 11.0 Å². The van der Waals surface area contributed by atoms with Gasteiger partial charge in [-0.1, -0.05) is 38.5 Å². The van der Waals surface area contributed by atoms with Gasteiger partial charge in [-0.15, -0.1) is 0 Å². The highest BCUT2D eigenvalue weighted by atomic mass is 16.2. The molecule has 0 bridgehead atoms. The Hall–Kier alpha value is -2.99. The van der Waals surface area contributed by atoms with Crippen molar-refractivity contribution in [2.24, 2.45) is 0 Å². The van der Waals surface area contributed by atoms with Crippen molar-refractivity contribution in [1.82, 2.24) is 10.2 Å². The van der Waals surface area contributed by atoms with E-state index in [0.717, 1.165) is 30.6 Å². The van der Waals surface area contributed by atoms with Crippen molar-refractivity contribution in [2.75, 3.05) is 18.4 Å². The monoisotopic (exact) mass is 379 g/mol. The number of nitrogens with one attached hydrogen (secondary N) is 2. The quantitative estimate of drug-likeness (QED) is 0.689. The van der Waals surface area contributed by atoms with E-state index >= 15 is 0 Å².